The number of benzene rings is 3. The normalized spacial score (nSPS) is 16.3. The predicted octanol–water partition coefficient (Wildman–Crippen LogP) is 4.14. The molecule has 0 spiro atoms. The Morgan fingerprint density at radius 1 is 1.00 bits per heavy atom. The number of hydrogen-bond acceptors (Lipinski definition) is 5. The third-order valence-electron chi connectivity index (χ3n) is 5.92. The zero-order valence-electron chi connectivity index (χ0n) is 18.8. The van der Waals surface area contributed by atoms with E-state index in [9.17, 15) is 18.4 Å². The van der Waals surface area contributed by atoms with Gasteiger partial charge in [-0.1, -0.05) is 24.3 Å². The summed E-state index contributed by atoms with van der Waals surface area (Å²) in [4.78, 5) is 27.3. The van der Waals surface area contributed by atoms with Crippen LogP contribution >= 0.6 is 0 Å². The van der Waals surface area contributed by atoms with Gasteiger partial charge in [-0.2, -0.15) is 5.10 Å². The second kappa shape index (κ2) is 9.17. The van der Waals surface area contributed by atoms with E-state index in [4.69, 9.17) is 9.47 Å². The first-order valence-electron chi connectivity index (χ1n) is 10.9. The zero-order chi connectivity index (χ0) is 24.5. The van der Waals surface area contributed by atoms with Gasteiger partial charge < -0.3 is 14.4 Å². The fraction of sp³-hybridized carbons (Fsp3) is 0.192. The Morgan fingerprint density at radius 3 is 2.54 bits per heavy atom. The van der Waals surface area contributed by atoms with Crippen LogP contribution in [0, 0.1) is 11.6 Å². The van der Waals surface area contributed by atoms with Gasteiger partial charge in [0.2, 0.25) is 6.79 Å². The Morgan fingerprint density at radius 2 is 1.77 bits per heavy atom. The molecule has 0 saturated heterocycles. The van der Waals surface area contributed by atoms with E-state index in [1.807, 2.05) is 6.07 Å². The summed E-state index contributed by atoms with van der Waals surface area (Å²) in [6, 6.07) is 16.1. The minimum atomic E-state index is -0.536. The molecule has 35 heavy (non-hydrogen) atoms. The summed E-state index contributed by atoms with van der Waals surface area (Å²) in [5.41, 5.74) is 2.23. The van der Waals surface area contributed by atoms with Crippen molar-refractivity contribution in [2.45, 2.75) is 12.5 Å². The van der Waals surface area contributed by atoms with Crippen LogP contribution in [0.2, 0.25) is 0 Å². The average Bonchev–Trinajstić information content (AvgIpc) is 3.51. The number of hydrogen-bond donors (Lipinski definition) is 0. The maximum Gasteiger partial charge on any atom is 0.262 e. The average molecular weight is 477 g/mol. The number of halogens is 2. The lowest BCUT2D eigenvalue weighted by Gasteiger charge is -2.25. The van der Waals surface area contributed by atoms with Crippen LogP contribution in [0.25, 0.3) is 0 Å². The van der Waals surface area contributed by atoms with E-state index in [2.05, 4.69) is 5.10 Å². The number of carbonyl (C=O) groups is 2. The largest absolute Gasteiger partial charge is 0.454 e. The van der Waals surface area contributed by atoms with E-state index >= 15 is 0 Å². The van der Waals surface area contributed by atoms with Gasteiger partial charge in [0.1, 0.15) is 18.2 Å². The van der Waals surface area contributed by atoms with Crippen molar-refractivity contribution in [1.82, 2.24) is 9.91 Å². The number of hydrazone groups is 1. The van der Waals surface area contributed by atoms with Gasteiger partial charge in [-0.3, -0.25) is 9.59 Å². The van der Waals surface area contributed by atoms with E-state index < -0.39 is 23.7 Å². The predicted molar refractivity (Wildman–Crippen MR) is 123 cm³/mol. The van der Waals surface area contributed by atoms with Gasteiger partial charge in [0.05, 0.1) is 11.8 Å². The van der Waals surface area contributed by atoms with E-state index in [0.29, 0.717) is 29.2 Å². The number of nitrogens with zero attached hydrogens (tertiary/aromatic N) is 3. The number of ether oxygens (including phenoxy) is 2. The van der Waals surface area contributed by atoms with Gasteiger partial charge in [-0.25, -0.2) is 13.8 Å². The fourth-order valence-electron chi connectivity index (χ4n) is 4.13. The minimum absolute atomic E-state index is 0.121. The molecule has 0 radical (unpaired) electrons. The van der Waals surface area contributed by atoms with Crippen molar-refractivity contribution in [3.63, 3.8) is 0 Å². The summed E-state index contributed by atoms with van der Waals surface area (Å²) in [7, 11) is 1.47. The van der Waals surface area contributed by atoms with E-state index in [1.165, 1.54) is 47.3 Å². The minimum Gasteiger partial charge on any atom is -0.454 e. The second-order valence-electron chi connectivity index (χ2n) is 8.30. The van der Waals surface area contributed by atoms with Crippen molar-refractivity contribution >= 4 is 17.5 Å². The molecule has 0 N–H and O–H groups in total. The molecule has 0 fully saturated rings. The molecule has 2 aliphatic rings. The monoisotopic (exact) mass is 477 g/mol. The molecule has 9 heteroatoms. The Labute approximate surface area is 200 Å². The molecule has 2 heterocycles. The standard InChI is InChI=1S/C26H21F2N3O4/c1-30(26(33)18-3-2-4-20(28)11-18)14-25(32)31-22(17-7-10-23-24(12-17)35-15-34-23)13-21(29-31)16-5-8-19(27)9-6-16/h2-12,22H,13-15H2,1H3/t22-/m1/s1. The van der Waals surface area contributed by atoms with Crippen molar-refractivity contribution in [3.8, 4) is 11.5 Å². The van der Waals surface area contributed by atoms with Gasteiger partial charge in [0.25, 0.3) is 11.8 Å². The Balaban J connectivity index is 1.41. The highest BCUT2D eigenvalue weighted by atomic mass is 19.1. The van der Waals surface area contributed by atoms with E-state index in [1.54, 1.807) is 24.3 Å². The molecule has 178 valence electrons. The van der Waals surface area contributed by atoms with Crippen LogP contribution in [0.1, 0.15) is 33.9 Å². The maximum absolute atomic E-state index is 13.6. The molecule has 0 aromatic heterocycles. The first kappa shape index (κ1) is 22.5. The maximum atomic E-state index is 13.6. The molecule has 0 unspecified atom stereocenters. The Hall–Kier alpha value is -4.27. The lowest BCUT2D eigenvalue weighted by atomic mass is 9.98. The van der Waals surface area contributed by atoms with Crippen LogP contribution in [0.3, 0.4) is 0 Å². The summed E-state index contributed by atoms with van der Waals surface area (Å²) in [5, 5.41) is 5.89. The van der Waals surface area contributed by atoms with Crippen LogP contribution < -0.4 is 9.47 Å². The second-order valence-corrected chi connectivity index (χ2v) is 8.30. The Bertz CT molecular complexity index is 1330. The number of carbonyl (C=O) groups excluding carboxylic acids is 2. The summed E-state index contributed by atoms with van der Waals surface area (Å²) < 4.78 is 37.9. The third kappa shape index (κ3) is 4.57. The summed E-state index contributed by atoms with van der Waals surface area (Å²) >= 11 is 0. The highest BCUT2D eigenvalue weighted by molar-refractivity contribution is 6.03. The van der Waals surface area contributed by atoms with Crippen molar-refractivity contribution < 1.29 is 27.8 Å². The third-order valence-corrected chi connectivity index (χ3v) is 5.92. The molecule has 2 aliphatic heterocycles. The molecular formula is C26H21F2N3O4. The molecule has 0 saturated carbocycles. The molecule has 3 aromatic carbocycles. The SMILES string of the molecule is CN(CC(=O)N1N=C(c2ccc(F)cc2)C[C@@H]1c1ccc2c(c1)OCO2)C(=O)c1cccc(F)c1. The zero-order valence-corrected chi connectivity index (χ0v) is 18.8. The number of rotatable bonds is 5. The van der Waals surface area contributed by atoms with Crippen molar-refractivity contribution in [3.05, 3.63) is 95.1 Å². The first-order chi connectivity index (χ1) is 16.9. The highest BCUT2D eigenvalue weighted by Crippen LogP contribution is 2.39. The van der Waals surface area contributed by atoms with Crippen LogP contribution in [0.5, 0.6) is 11.5 Å². The molecule has 2 amide bonds. The van der Waals surface area contributed by atoms with Gasteiger partial charge >= 0.3 is 0 Å². The molecule has 7 nitrogen and oxygen atoms in total. The fourth-order valence-corrected chi connectivity index (χ4v) is 4.13. The van der Waals surface area contributed by atoms with Crippen LogP contribution in [0.4, 0.5) is 8.78 Å². The van der Waals surface area contributed by atoms with E-state index in [0.717, 1.165) is 11.6 Å². The summed E-state index contributed by atoms with van der Waals surface area (Å²) in [6.45, 7) is -0.146. The van der Waals surface area contributed by atoms with Crippen LogP contribution in [-0.4, -0.2) is 47.8 Å². The van der Waals surface area contributed by atoms with Crippen molar-refractivity contribution in [2.24, 2.45) is 5.10 Å². The lowest BCUT2D eigenvalue weighted by Crippen LogP contribution is -2.39. The van der Waals surface area contributed by atoms with Gasteiger partial charge in [0, 0.05) is 19.0 Å². The molecule has 0 aliphatic carbocycles. The number of likely N-dealkylation sites (N-methyl/N-ethyl adjacent to an activating group) is 1. The molecule has 0 bridgehead atoms. The summed E-state index contributed by atoms with van der Waals surface area (Å²) in [5.74, 6) is -0.624. The highest BCUT2D eigenvalue weighted by Gasteiger charge is 2.35. The van der Waals surface area contributed by atoms with Crippen molar-refractivity contribution in [1.29, 1.82) is 0 Å². The topological polar surface area (TPSA) is 71.4 Å². The molecular weight excluding hydrogens is 456 g/mol. The molecule has 3 aromatic rings. The first-order valence-corrected chi connectivity index (χ1v) is 10.9. The molecule has 5 rings (SSSR count). The van der Waals surface area contributed by atoms with Crippen LogP contribution in [0.15, 0.2) is 71.8 Å². The van der Waals surface area contributed by atoms with Gasteiger partial charge in [-0.15, -0.1) is 0 Å². The quantitative estimate of drug-likeness (QED) is 0.554. The number of amides is 2. The molecule has 1 atom stereocenters. The lowest BCUT2D eigenvalue weighted by molar-refractivity contribution is -0.133. The van der Waals surface area contributed by atoms with Crippen molar-refractivity contribution in [2.75, 3.05) is 20.4 Å². The van der Waals surface area contributed by atoms with Gasteiger partial charge in [-0.05, 0) is 53.6 Å². The van der Waals surface area contributed by atoms with Gasteiger partial charge in [0.15, 0.2) is 11.5 Å². The van der Waals surface area contributed by atoms with Crippen LogP contribution in [-0.2, 0) is 4.79 Å². The smallest absolute Gasteiger partial charge is 0.262 e. The number of fused-ring (bicyclic) bond motifs is 1. The summed E-state index contributed by atoms with van der Waals surface area (Å²) in [6.07, 6.45) is 0.387. The Kier molecular flexibility index (Phi) is 5.90. The van der Waals surface area contributed by atoms with E-state index in [-0.39, 0.29) is 24.7 Å².